The Bertz CT molecular complexity index is 1090. The Morgan fingerprint density at radius 3 is 2.29 bits per heavy atom. The van der Waals surface area contributed by atoms with Crippen LogP contribution in [0.1, 0.15) is 37.7 Å². The van der Waals surface area contributed by atoms with Crippen molar-refractivity contribution in [3.05, 3.63) is 88.4 Å². The summed E-state index contributed by atoms with van der Waals surface area (Å²) in [5.41, 5.74) is 8.88. The van der Waals surface area contributed by atoms with E-state index in [1.165, 1.54) is 24.3 Å². The van der Waals surface area contributed by atoms with E-state index in [9.17, 15) is 18.4 Å². The molecule has 1 atom stereocenters. The second-order valence-electron chi connectivity index (χ2n) is 7.45. The van der Waals surface area contributed by atoms with E-state index in [1.54, 1.807) is 36.1 Å². The molecule has 0 saturated heterocycles. The molecule has 0 bridgehead atoms. The summed E-state index contributed by atoms with van der Waals surface area (Å²) in [7, 11) is 0. The summed E-state index contributed by atoms with van der Waals surface area (Å²) in [6, 6.07) is 11.4. The summed E-state index contributed by atoms with van der Waals surface area (Å²) in [4.78, 5) is 27.8. The molecule has 0 amide bonds. The Hall–Kier alpha value is -3.48. The maximum atomic E-state index is 13.6. The molecule has 0 spiro atoms. The number of rotatable bonds is 4. The first-order valence-electron chi connectivity index (χ1n) is 10.2. The van der Waals surface area contributed by atoms with Crippen molar-refractivity contribution in [2.24, 2.45) is 5.73 Å². The third-order valence-electron chi connectivity index (χ3n) is 5.58. The van der Waals surface area contributed by atoms with Crippen LogP contribution in [-0.4, -0.2) is 18.4 Å². The largest absolute Gasteiger partial charge is 0.463 e. The van der Waals surface area contributed by atoms with Crippen LogP contribution in [0.15, 0.2) is 71.2 Å². The van der Waals surface area contributed by atoms with Crippen molar-refractivity contribution < 1.29 is 23.1 Å². The normalized spacial score (nSPS) is 18.9. The van der Waals surface area contributed by atoms with Crippen molar-refractivity contribution >= 4 is 17.4 Å². The summed E-state index contributed by atoms with van der Waals surface area (Å²) < 4.78 is 32.4. The lowest BCUT2D eigenvalue weighted by molar-refractivity contribution is -0.138. The van der Waals surface area contributed by atoms with Gasteiger partial charge in [-0.15, -0.1) is 0 Å². The van der Waals surface area contributed by atoms with Crippen molar-refractivity contribution in [2.75, 3.05) is 11.5 Å². The number of Topliss-reactive ketones (excluding diaryl/α,β-unsaturated/α-hetero) is 1. The van der Waals surface area contributed by atoms with Crippen LogP contribution in [-0.2, 0) is 14.3 Å². The van der Waals surface area contributed by atoms with E-state index in [4.69, 9.17) is 10.5 Å². The number of hydrogen-bond acceptors (Lipinski definition) is 5. The second-order valence-corrected chi connectivity index (χ2v) is 7.45. The average Bonchev–Trinajstić information content (AvgIpc) is 2.75. The molecule has 0 fully saturated rings. The van der Waals surface area contributed by atoms with E-state index in [0.717, 1.165) is 0 Å². The topological polar surface area (TPSA) is 72.6 Å². The molecule has 0 unspecified atom stereocenters. The van der Waals surface area contributed by atoms with Gasteiger partial charge in [0.15, 0.2) is 5.78 Å². The van der Waals surface area contributed by atoms with E-state index in [0.29, 0.717) is 41.8 Å². The number of allylic oxidation sites excluding steroid dienone is 2. The first kappa shape index (κ1) is 20.8. The highest BCUT2D eigenvalue weighted by Crippen LogP contribution is 2.46. The van der Waals surface area contributed by atoms with Crippen molar-refractivity contribution in [3.63, 3.8) is 0 Å². The van der Waals surface area contributed by atoms with E-state index in [1.807, 2.05) is 0 Å². The highest BCUT2D eigenvalue weighted by atomic mass is 19.1. The van der Waals surface area contributed by atoms with Crippen LogP contribution in [0.3, 0.4) is 0 Å². The molecule has 5 nitrogen and oxygen atoms in total. The molecule has 2 aliphatic rings. The molecule has 2 aromatic carbocycles. The first-order valence-corrected chi connectivity index (χ1v) is 10.2. The van der Waals surface area contributed by atoms with Crippen LogP contribution >= 0.6 is 0 Å². The highest BCUT2D eigenvalue weighted by Gasteiger charge is 2.43. The number of halogens is 2. The lowest BCUT2D eigenvalue weighted by atomic mass is 9.75. The number of hydrogen-bond donors (Lipinski definition) is 1. The maximum Gasteiger partial charge on any atom is 0.338 e. The minimum atomic E-state index is -0.765. The summed E-state index contributed by atoms with van der Waals surface area (Å²) in [5.74, 6) is -2.23. The number of esters is 1. The number of ketones is 1. The molecule has 1 heterocycles. The molecular formula is C24H22F2N2O3. The van der Waals surface area contributed by atoms with Gasteiger partial charge in [-0.3, -0.25) is 9.69 Å². The van der Waals surface area contributed by atoms with Crippen molar-refractivity contribution in [2.45, 2.75) is 32.1 Å². The molecular weight excluding hydrogens is 402 g/mol. The van der Waals surface area contributed by atoms with Crippen LogP contribution in [0, 0.1) is 11.6 Å². The van der Waals surface area contributed by atoms with E-state index in [2.05, 4.69) is 0 Å². The van der Waals surface area contributed by atoms with E-state index in [-0.39, 0.29) is 23.8 Å². The van der Waals surface area contributed by atoms with Gasteiger partial charge < -0.3 is 10.5 Å². The Labute approximate surface area is 178 Å². The molecule has 2 aromatic rings. The molecule has 1 aliphatic heterocycles. The van der Waals surface area contributed by atoms with E-state index < -0.39 is 23.5 Å². The van der Waals surface area contributed by atoms with Crippen LogP contribution in [0.2, 0.25) is 0 Å². The Kier molecular flexibility index (Phi) is 5.59. The predicted molar refractivity (Wildman–Crippen MR) is 112 cm³/mol. The molecule has 160 valence electrons. The minimum Gasteiger partial charge on any atom is -0.463 e. The average molecular weight is 424 g/mol. The number of carbonyl (C=O) groups excluding carboxylic acids is 2. The van der Waals surface area contributed by atoms with Crippen LogP contribution in [0.25, 0.3) is 0 Å². The molecule has 0 aromatic heterocycles. The van der Waals surface area contributed by atoms with Gasteiger partial charge in [0.25, 0.3) is 0 Å². The fourth-order valence-electron chi connectivity index (χ4n) is 4.27. The fourth-order valence-corrected chi connectivity index (χ4v) is 4.27. The molecule has 2 N–H and O–H groups in total. The summed E-state index contributed by atoms with van der Waals surface area (Å²) in [5, 5.41) is 0. The standard InChI is InChI=1S/C24H22F2N2O3/c1-2-31-24(30)22-20(14-6-8-15(25)9-7-14)21-18(4-3-5-19(21)29)28(23(22)27)17-12-10-16(26)11-13-17/h6-13,20H,2-5,27H2,1H3/t20-/m0/s1. The summed E-state index contributed by atoms with van der Waals surface area (Å²) >= 11 is 0. The smallest absolute Gasteiger partial charge is 0.338 e. The van der Waals surface area contributed by atoms with Gasteiger partial charge in [0, 0.05) is 23.4 Å². The van der Waals surface area contributed by atoms with Gasteiger partial charge in [-0.25, -0.2) is 13.6 Å². The van der Waals surface area contributed by atoms with Gasteiger partial charge in [-0.1, -0.05) is 12.1 Å². The van der Waals surface area contributed by atoms with Gasteiger partial charge in [0.1, 0.15) is 17.5 Å². The maximum absolute atomic E-state index is 13.6. The second kappa shape index (κ2) is 8.34. The third kappa shape index (κ3) is 3.71. The lowest BCUT2D eigenvalue weighted by Crippen LogP contribution is -2.41. The van der Waals surface area contributed by atoms with Gasteiger partial charge in [-0.05, 0) is 61.7 Å². The van der Waals surface area contributed by atoms with Gasteiger partial charge in [-0.2, -0.15) is 0 Å². The zero-order chi connectivity index (χ0) is 22.1. The zero-order valence-corrected chi connectivity index (χ0v) is 17.0. The van der Waals surface area contributed by atoms with Crippen LogP contribution in [0.5, 0.6) is 0 Å². The molecule has 7 heteroatoms. The van der Waals surface area contributed by atoms with Crippen molar-refractivity contribution in [1.82, 2.24) is 0 Å². The molecule has 4 rings (SSSR count). The monoisotopic (exact) mass is 424 g/mol. The number of nitrogens with two attached hydrogens (primary N) is 1. The van der Waals surface area contributed by atoms with Crippen molar-refractivity contribution in [3.8, 4) is 0 Å². The van der Waals surface area contributed by atoms with Gasteiger partial charge in [0.2, 0.25) is 0 Å². The molecule has 0 saturated carbocycles. The molecule has 31 heavy (non-hydrogen) atoms. The summed E-state index contributed by atoms with van der Waals surface area (Å²) in [6.45, 7) is 1.81. The lowest BCUT2D eigenvalue weighted by Gasteiger charge is -2.40. The Balaban J connectivity index is 1.98. The number of nitrogens with zero attached hydrogens (tertiary/aromatic N) is 1. The molecule has 0 radical (unpaired) electrons. The van der Waals surface area contributed by atoms with E-state index >= 15 is 0 Å². The van der Waals surface area contributed by atoms with Crippen LogP contribution < -0.4 is 10.6 Å². The van der Waals surface area contributed by atoms with Gasteiger partial charge in [0.05, 0.1) is 18.1 Å². The minimum absolute atomic E-state index is 0.100. The number of benzene rings is 2. The Morgan fingerprint density at radius 2 is 1.68 bits per heavy atom. The first-order chi connectivity index (χ1) is 14.9. The predicted octanol–water partition coefficient (Wildman–Crippen LogP) is 4.31. The quantitative estimate of drug-likeness (QED) is 0.741. The van der Waals surface area contributed by atoms with Crippen LogP contribution in [0.4, 0.5) is 14.5 Å². The fraction of sp³-hybridized carbons (Fsp3) is 0.250. The van der Waals surface area contributed by atoms with Gasteiger partial charge >= 0.3 is 5.97 Å². The number of carbonyl (C=O) groups is 2. The SMILES string of the molecule is CCOC(=O)C1=C(N)N(c2ccc(F)cc2)C2=C(C(=O)CCC2)[C@@H]1c1ccc(F)cc1. The Morgan fingerprint density at radius 1 is 1.06 bits per heavy atom. The summed E-state index contributed by atoms with van der Waals surface area (Å²) in [6.07, 6.45) is 1.53. The highest BCUT2D eigenvalue weighted by molar-refractivity contribution is 6.05. The molecule has 1 aliphatic carbocycles. The number of ether oxygens (including phenoxy) is 1. The number of anilines is 1. The third-order valence-corrected chi connectivity index (χ3v) is 5.58. The van der Waals surface area contributed by atoms with Crippen molar-refractivity contribution in [1.29, 1.82) is 0 Å². The zero-order valence-electron chi connectivity index (χ0n) is 17.0.